The summed E-state index contributed by atoms with van der Waals surface area (Å²) in [6.07, 6.45) is 1.61. The first-order valence-corrected chi connectivity index (χ1v) is 6.34. The number of benzene rings is 1. The Morgan fingerprint density at radius 1 is 1.28 bits per heavy atom. The Bertz CT molecular complexity index is 584. The molecule has 1 heterocycles. The van der Waals surface area contributed by atoms with E-state index in [1.54, 1.807) is 24.2 Å². The molecule has 0 unspecified atom stereocenters. The summed E-state index contributed by atoms with van der Waals surface area (Å²) in [5.74, 6) is -0.131. The van der Waals surface area contributed by atoms with Crippen LogP contribution in [0.4, 0.5) is 5.69 Å². The van der Waals surface area contributed by atoms with E-state index in [4.69, 9.17) is 0 Å². The molecule has 2 aromatic rings. The van der Waals surface area contributed by atoms with Crippen LogP contribution >= 0.6 is 15.9 Å². The van der Waals surface area contributed by atoms with E-state index in [2.05, 4.69) is 20.9 Å². The normalized spacial score (nSPS) is 10.2. The third kappa shape index (κ3) is 2.59. The SMILES string of the molecule is Cc1cccc(N(C)C(=O)c2ncccc2Br)c1. The molecule has 0 N–H and O–H groups in total. The zero-order valence-corrected chi connectivity index (χ0v) is 11.8. The molecule has 0 spiro atoms. The number of anilines is 1. The lowest BCUT2D eigenvalue weighted by atomic mass is 10.2. The maximum atomic E-state index is 12.3. The summed E-state index contributed by atoms with van der Waals surface area (Å²) in [4.78, 5) is 18.0. The minimum atomic E-state index is -0.131. The first-order valence-electron chi connectivity index (χ1n) is 5.55. The number of halogens is 1. The van der Waals surface area contributed by atoms with Gasteiger partial charge in [0.15, 0.2) is 0 Å². The van der Waals surface area contributed by atoms with Crippen LogP contribution in [0.25, 0.3) is 0 Å². The zero-order valence-electron chi connectivity index (χ0n) is 10.2. The zero-order chi connectivity index (χ0) is 13.1. The predicted molar refractivity (Wildman–Crippen MR) is 75.8 cm³/mol. The molecule has 0 aliphatic carbocycles. The van der Waals surface area contributed by atoms with Crippen molar-refractivity contribution in [2.45, 2.75) is 6.92 Å². The lowest BCUT2D eigenvalue weighted by Gasteiger charge is -2.17. The number of carbonyl (C=O) groups is 1. The summed E-state index contributed by atoms with van der Waals surface area (Å²) in [5, 5.41) is 0. The minimum Gasteiger partial charge on any atom is -0.310 e. The Morgan fingerprint density at radius 2 is 2.06 bits per heavy atom. The van der Waals surface area contributed by atoms with Gasteiger partial charge in [0.2, 0.25) is 0 Å². The molecule has 0 bridgehead atoms. The molecule has 0 aliphatic rings. The summed E-state index contributed by atoms with van der Waals surface area (Å²) < 4.78 is 0.703. The molecule has 3 nitrogen and oxygen atoms in total. The molecule has 2 rings (SSSR count). The van der Waals surface area contributed by atoms with Gasteiger partial charge in [-0.2, -0.15) is 0 Å². The number of aryl methyl sites for hydroxylation is 1. The van der Waals surface area contributed by atoms with E-state index >= 15 is 0 Å². The Balaban J connectivity index is 2.32. The van der Waals surface area contributed by atoms with E-state index in [1.165, 1.54) is 0 Å². The highest BCUT2D eigenvalue weighted by Crippen LogP contribution is 2.20. The second-order valence-corrected chi connectivity index (χ2v) is 4.89. The number of pyridine rings is 1. The van der Waals surface area contributed by atoms with E-state index in [0.29, 0.717) is 10.2 Å². The molecule has 1 aromatic heterocycles. The lowest BCUT2D eigenvalue weighted by molar-refractivity contribution is 0.0987. The molecule has 0 fully saturated rings. The number of amides is 1. The van der Waals surface area contributed by atoms with Gasteiger partial charge in [-0.25, -0.2) is 4.98 Å². The van der Waals surface area contributed by atoms with Crippen LogP contribution in [-0.4, -0.2) is 17.9 Å². The summed E-state index contributed by atoms with van der Waals surface area (Å²) in [6, 6.07) is 11.4. The first kappa shape index (κ1) is 12.8. The monoisotopic (exact) mass is 304 g/mol. The van der Waals surface area contributed by atoms with Crippen molar-refractivity contribution in [3.8, 4) is 0 Å². The summed E-state index contributed by atoms with van der Waals surface area (Å²) >= 11 is 3.34. The Morgan fingerprint density at radius 3 is 2.72 bits per heavy atom. The number of rotatable bonds is 2. The van der Waals surface area contributed by atoms with Gasteiger partial charge in [0.05, 0.1) is 0 Å². The Kier molecular flexibility index (Phi) is 3.77. The summed E-state index contributed by atoms with van der Waals surface area (Å²) in [6.45, 7) is 2.00. The average molecular weight is 305 g/mol. The highest BCUT2D eigenvalue weighted by atomic mass is 79.9. The fourth-order valence-electron chi connectivity index (χ4n) is 1.66. The van der Waals surface area contributed by atoms with Crippen LogP contribution < -0.4 is 4.90 Å². The maximum Gasteiger partial charge on any atom is 0.277 e. The van der Waals surface area contributed by atoms with Crippen LogP contribution in [0.2, 0.25) is 0 Å². The second kappa shape index (κ2) is 5.31. The third-order valence-corrected chi connectivity index (χ3v) is 3.29. The van der Waals surface area contributed by atoms with Crippen LogP contribution in [-0.2, 0) is 0 Å². The number of hydrogen-bond acceptors (Lipinski definition) is 2. The molecule has 4 heteroatoms. The van der Waals surface area contributed by atoms with Gasteiger partial charge in [-0.15, -0.1) is 0 Å². The third-order valence-electron chi connectivity index (χ3n) is 2.65. The molecule has 1 aromatic carbocycles. The van der Waals surface area contributed by atoms with E-state index < -0.39 is 0 Å². The molecule has 0 aliphatic heterocycles. The fourth-order valence-corrected chi connectivity index (χ4v) is 2.08. The van der Waals surface area contributed by atoms with Gasteiger partial charge in [0, 0.05) is 23.4 Å². The van der Waals surface area contributed by atoms with Crippen molar-refractivity contribution >= 4 is 27.5 Å². The van der Waals surface area contributed by atoms with E-state index in [1.807, 2.05) is 37.3 Å². The molecule has 1 amide bonds. The topological polar surface area (TPSA) is 33.2 Å². The quantitative estimate of drug-likeness (QED) is 0.851. The van der Waals surface area contributed by atoms with E-state index in [-0.39, 0.29) is 5.91 Å². The van der Waals surface area contributed by atoms with E-state index in [0.717, 1.165) is 11.3 Å². The molecule has 18 heavy (non-hydrogen) atoms. The van der Waals surface area contributed by atoms with Gasteiger partial charge in [-0.1, -0.05) is 12.1 Å². The second-order valence-electron chi connectivity index (χ2n) is 4.04. The van der Waals surface area contributed by atoms with Gasteiger partial charge < -0.3 is 4.90 Å². The van der Waals surface area contributed by atoms with Gasteiger partial charge in [-0.3, -0.25) is 4.79 Å². The Labute approximate surface area is 115 Å². The van der Waals surface area contributed by atoms with Crippen molar-refractivity contribution in [1.29, 1.82) is 0 Å². The molecular weight excluding hydrogens is 292 g/mol. The van der Waals surface area contributed by atoms with Gasteiger partial charge in [0.25, 0.3) is 5.91 Å². The molecule has 0 saturated heterocycles. The summed E-state index contributed by atoms with van der Waals surface area (Å²) in [7, 11) is 1.75. The number of hydrogen-bond donors (Lipinski definition) is 0. The van der Waals surface area contributed by atoms with Crippen LogP contribution in [0.1, 0.15) is 16.1 Å². The van der Waals surface area contributed by atoms with Crippen molar-refractivity contribution in [1.82, 2.24) is 4.98 Å². The van der Waals surface area contributed by atoms with Crippen molar-refractivity contribution < 1.29 is 4.79 Å². The van der Waals surface area contributed by atoms with Crippen LogP contribution in [0.3, 0.4) is 0 Å². The molecule has 92 valence electrons. The maximum absolute atomic E-state index is 12.3. The Hall–Kier alpha value is -1.68. The van der Waals surface area contributed by atoms with Crippen LogP contribution in [0.5, 0.6) is 0 Å². The van der Waals surface area contributed by atoms with Crippen molar-refractivity contribution in [2.24, 2.45) is 0 Å². The van der Waals surface area contributed by atoms with Gasteiger partial charge >= 0.3 is 0 Å². The number of nitrogens with zero attached hydrogens (tertiary/aromatic N) is 2. The smallest absolute Gasteiger partial charge is 0.277 e. The molecule has 0 radical (unpaired) electrons. The van der Waals surface area contributed by atoms with Crippen molar-refractivity contribution in [2.75, 3.05) is 11.9 Å². The molecule has 0 atom stereocenters. The largest absolute Gasteiger partial charge is 0.310 e. The van der Waals surface area contributed by atoms with Gasteiger partial charge in [0.1, 0.15) is 5.69 Å². The number of carbonyl (C=O) groups excluding carboxylic acids is 1. The first-order chi connectivity index (χ1) is 8.59. The average Bonchev–Trinajstić information content (AvgIpc) is 2.37. The lowest BCUT2D eigenvalue weighted by Crippen LogP contribution is -2.27. The number of aromatic nitrogens is 1. The van der Waals surface area contributed by atoms with Crippen LogP contribution in [0.15, 0.2) is 47.1 Å². The fraction of sp³-hybridized carbons (Fsp3) is 0.143. The standard InChI is InChI=1S/C14H13BrN2O/c1-10-5-3-6-11(9-10)17(2)14(18)13-12(15)7-4-8-16-13/h3-9H,1-2H3. The van der Waals surface area contributed by atoms with Crippen LogP contribution in [0, 0.1) is 6.92 Å². The molecule has 0 saturated carbocycles. The minimum absolute atomic E-state index is 0.131. The highest BCUT2D eigenvalue weighted by molar-refractivity contribution is 9.10. The summed E-state index contributed by atoms with van der Waals surface area (Å²) in [5.41, 5.74) is 2.39. The van der Waals surface area contributed by atoms with Crippen molar-refractivity contribution in [3.63, 3.8) is 0 Å². The highest BCUT2D eigenvalue weighted by Gasteiger charge is 2.17. The predicted octanol–water partition coefficient (Wildman–Crippen LogP) is 3.43. The van der Waals surface area contributed by atoms with Gasteiger partial charge in [-0.05, 0) is 52.7 Å². The van der Waals surface area contributed by atoms with E-state index in [9.17, 15) is 4.79 Å². The van der Waals surface area contributed by atoms with Crippen molar-refractivity contribution in [3.05, 3.63) is 58.3 Å². The molecular formula is C14H13BrN2O.